The number of nitrogens with zero attached hydrogens (tertiary/aromatic N) is 1. The van der Waals surface area contributed by atoms with Crippen molar-refractivity contribution in [2.45, 2.75) is 27.4 Å². The highest BCUT2D eigenvalue weighted by atomic mass is 79.9. The molecule has 0 aliphatic carbocycles. The maximum absolute atomic E-state index is 13.0. The molecule has 0 spiro atoms. The molecule has 0 bridgehead atoms. The van der Waals surface area contributed by atoms with Gasteiger partial charge in [-0.1, -0.05) is 36.4 Å². The van der Waals surface area contributed by atoms with Crippen molar-refractivity contribution < 1.29 is 23.8 Å². The number of carbonyl (C=O) groups is 2. The van der Waals surface area contributed by atoms with Gasteiger partial charge < -0.3 is 14.2 Å². The van der Waals surface area contributed by atoms with Crippen LogP contribution in [0.2, 0.25) is 0 Å². The first-order valence-corrected chi connectivity index (χ1v) is 13.4. The van der Waals surface area contributed by atoms with E-state index in [1.807, 2.05) is 69.3 Å². The lowest BCUT2D eigenvalue weighted by molar-refractivity contribution is -0.123. The fraction of sp³-hybridized carbons (Fsp3) is 0.241. The Kier molecular flexibility index (Phi) is 8.61. The van der Waals surface area contributed by atoms with Gasteiger partial charge in [-0.25, -0.2) is 0 Å². The standard InChI is InChI=1S/C29H28BrNO5S/c1-18-9-10-20(3)24(13-18)35-12-11-31-28(32)26(37-29(31)33)16-21-14-23(30)27(25(15-21)34-4)36-17-22-8-6-5-7-19(22)2/h5-10,13-16H,11-12,17H2,1-4H3/b26-16-. The van der Waals surface area contributed by atoms with Crippen molar-refractivity contribution in [3.05, 3.63) is 91.8 Å². The van der Waals surface area contributed by atoms with E-state index in [9.17, 15) is 9.59 Å². The Morgan fingerprint density at radius 1 is 0.946 bits per heavy atom. The summed E-state index contributed by atoms with van der Waals surface area (Å²) in [5.74, 6) is 1.51. The number of benzene rings is 3. The van der Waals surface area contributed by atoms with Crippen molar-refractivity contribution in [3.8, 4) is 17.2 Å². The number of aryl methyl sites for hydroxylation is 3. The van der Waals surface area contributed by atoms with Crippen molar-refractivity contribution in [2.75, 3.05) is 20.3 Å². The van der Waals surface area contributed by atoms with Crippen molar-refractivity contribution >= 4 is 44.9 Å². The Morgan fingerprint density at radius 2 is 1.73 bits per heavy atom. The van der Waals surface area contributed by atoms with Crippen molar-refractivity contribution in [2.24, 2.45) is 0 Å². The van der Waals surface area contributed by atoms with Crippen LogP contribution in [0, 0.1) is 20.8 Å². The van der Waals surface area contributed by atoms with Gasteiger partial charge in [-0.05, 0) is 101 Å². The highest BCUT2D eigenvalue weighted by Crippen LogP contribution is 2.39. The average molecular weight is 583 g/mol. The van der Waals surface area contributed by atoms with Crippen molar-refractivity contribution in [3.63, 3.8) is 0 Å². The molecule has 1 fully saturated rings. The van der Waals surface area contributed by atoms with Gasteiger partial charge in [0.15, 0.2) is 11.5 Å². The van der Waals surface area contributed by atoms with Gasteiger partial charge in [0, 0.05) is 0 Å². The molecule has 0 N–H and O–H groups in total. The number of ether oxygens (including phenoxy) is 3. The maximum Gasteiger partial charge on any atom is 0.293 e. The zero-order chi connectivity index (χ0) is 26.5. The van der Waals surface area contributed by atoms with Gasteiger partial charge in [0.1, 0.15) is 19.0 Å². The van der Waals surface area contributed by atoms with Crippen LogP contribution in [0.3, 0.4) is 0 Å². The molecule has 4 rings (SSSR count). The van der Waals surface area contributed by atoms with E-state index in [2.05, 4.69) is 15.9 Å². The van der Waals surface area contributed by atoms with Gasteiger partial charge >= 0.3 is 0 Å². The number of thioether (sulfide) groups is 1. The molecule has 37 heavy (non-hydrogen) atoms. The Balaban J connectivity index is 1.45. The minimum absolute atomic E-state index is 0.175. The third-order valence-electron chi connectivity index (χ3n) is 5.97. The van der Waals surface area contributed by atoms with Crippen LogP contribution in [-0.2, 0) is 11.4 Å². The molecule has 0 aromatic heterocycles. The summed E-state index contributed by atoms with van der Waals surface area (Å²) in [5.41, 5.74) is 5.03. The number of hydrogen-bond acceptors (Lipinski definition) is 6. The van der Waals surface area contributed by atoms with E-state index in [0.29, 0.717) is 33.0 Å². The second kappa shape index (κ2) is 11.9. The number of imide groups is 1. The molecule has 0 saturated carbocycles. The number of methoxy groups -OCH3 is 1. The van der Waals surface area contributed by atoms with Crippen LogP contribution in [-0.4, -0.2) is 36.3 Å². The van der Waals surface area contributed by atoms with Crippen LogP contribution in [0.5, 0.6) is 17.2 Å². The molecule has 3 aromatic carbocycles. The number of carbonyl (C=O) groups excluding carboxylic acids is 2. The fourth-order valence-electron chi connectivity index (χ4n) is 3.84. The molecule has 192 valence electrons. The molecular formula is C29H28BrNO5S. The fourth-order valence-corrected chi connectivity index (χ4v) is 5.28. The summed E-state index contributed by atoms with van der Waals surface area (Å²) < 4.78 is 18.2. The summed E-state index contributed by atoms with van der Waals surface area (Å²) in [7, 11) is 1.57. The summed E-state index contributed by atoms with van der Waals surface area (Å²) in [6, 6.07) is 17.6. The molecule has 0 atom stereocenters. The lowest BCUT2D eigenvalue weighted by Gasteiger charge is -2.15. The quantitative estimate of drug-likeness (QED) is 0.252. The van der Waals surface area contributed by atoms with Gasteiger partial charge in [-0.15, -0.1) is 0 Å². The zero-order valence-electron chi connectivity index (χ0n) is 21.2. The summed E-state index contributed by atoms with van der Waals surface area (Å²) in [5, 5.41) is -0.315. The highest BCUT2D eigenvalue weighted by Gasteiger charge is 2.35. The Bertz CT molecular complexity index is 1370. The summed E-state index contributed by atoms with van der Waals surface area (Å²) >= 11 is 4.48. The van der Waals surface area contributed by atoms with E-state index >= 15 is 0 Å². The van der Waals surface area contributed by atoms with E-state index in [-0.39, 0.29) is 24.3 Å². The zero-order valence-corrected chi connectivity index (χ0v) is 23.6. The van der Waals surface area contributed by atoms with Gasteiger partial charge in [0.25, 0.3) is 11.1 Å². The van der Waals surface area contributed by atoms with Crippen LogP contribution in [0.15, 0.2) is 64.0 Å². The second-order valence-corrected chi connectivity index (χ2v) is 10.5. The molecule has 1 aliphatic heterocycles. The molecule has 1 aliphatic rings. The van der Waals surface area contributed by atoms with E-state index in [0.717, 1.165) is 39.8 Å². The van der Waals surface area contributed by atoms with Crippen LogP contribution in [0.1, 0.15) is 27.8 Å². The van der Waals surface area contributed by atoms with Crippen molar-refractivity contribution in [1.29, 1.82) is 0 Å². The lowest BCUT2D eigenvalue weighted by atomic mass is 10.1. The number of hydrogen-bond donors (Lipinski definition) is 0. The van der Waals surface area contributed by atoms with Gasteiger partial charge in [0.2, 0.25) is 0 Å². The second-order valence-electron chi connectivity index (χ2n) is 8.70. The molecule has 1 heterocycles. The molecule has 6 nitrogen and oxygen atoms in total. The normalized spacial score (nSPS) is 14.4. The van der Waals surface area contributed by atoms with E-state index in [4.69, 9.17) is 14.2 Å². The topological polar surface area (TPSA) is 65.1 Å². The van der Waals surface area contributed by atoms with Gasteiger partial charge in [-0.2, -0.15) is 0 Å². The molecule has 2 amide bonds. The first-order chi connectivity index (χ1) is 17.8. The van der Waals surface area contributed by atoms with Crippen LogP contribution in [0.25, 0.3) is 6.08 Å². The Hall–Kier alpha value is -3.23. The predicted molar refractivity (Wildman–Crippen MR) is 150 cm³/mol. The minimum atomic E-state index is -0.338. The third kappa shape index (κ3) is 6.37. The predicted octanol–water partition coefficient (Wildman–Crippen LogP) is 7.08. The Morgan fingerprint density at radius 3 is 2.49 bits per heavy atom. The summed E-state index contributed by atoms with van der Waals surface area (Å²) in [6.45, 7) is 6.78. The van der Waals surface area contributed by atoms with Crippen molar-refractivity contribution in [1.82, 2.24) is 4.90 Å². The van der Waals surface area contributed by atoms with Crippen LogP contribution < -0.4 is 14.2 Å². The maximum atomic E-state index is 13.0. The third-order valence-corrected chi connectivity index (χ3v) is 7.47. The molecule has 8 heteroatoms. The molecule has 1 saturated heterocycles. The molecule has 0 unspecified atom stereocenters. The summed E-state index contributed by atoms with van der Waals surface area (Å²) in [4.78, 5) is 27.1. The van der Waals surface area contributed by atoms with Crippen LogP contribution in [0.4, 0.5) is 4.79 Å². The van der Waals surface area contributed by atoms with E-state index < -0.39 is 0 Å². The summed E-state index contributed by atoms with van der Waals surface area (Å²) in [6.07, 6.45) is 1.69. The molecule has 3 aromatic rings. The van der Waals surface area contributed by atoms with Gasteiger partial charge in [-0.3, -0.25) is 14.5 Å². The highest BCUT2D eigenvalue weighted by molar-refractivity contribution is 9.10. The largest absolute Gasteiger partial charge is 0.493 e. The minimum Gasteiger partial charge on any atom is -0.493 e. The smallest absolute Gasteiger partial charge is 0.293 e. The number of halogens is 1. The van der Waals surface area contributed by atoms with Gasteiger partial charge in [0.05, 0.1) is 23.0 Å². The molecule has 0 radical (unpaired) electrons. The lowest BCUT2D eigenvalue weighted by Crippen LogP contribution is -2.32. The van der Waals surface area contributed by atoms with Crippen LogP contribution >= 0.6 is 27.7 Å². The monoisotopic (exact) mass is 581 g/mol. The first kappa shape index (κ1) is 26.8. The number of rotatable bonds is 9. The Labute approximate surface area is 229 Å². The average Bonchev–Trinajstić information content (AvgIpc) is 3.13. The number of amides is 2. The SMILES string of the molecule is COc1cc(/C=C2\SC(=O)N(CCOc3cc(C)ccc3C)C2=O)cc(Br)c1OCc1ccccc1C. The first-order valence-electron chi connectivity index (χ1n) is 11.8. The van der Waals surface area contributed by atoms with E-state index in [1.54, 1.807) is 19.3 Å². The molecular weight excluding hydrogens is 554 g/mol. The van der Waals surface area contributed by atoms with E-state index in [1.165, 1.54) is 4.90 Å².